The molecule has 1 aliphatic carbocycles. The first-order valence-electron chi connectivity index (χ1n) is 5.74. The zero-order valence-corrected chi connectivity index (χ0v) is 9.50. The maximum Gasteiger partial charge on any atom is 0.0633 e. The second kappa shape index (κ2) is 4.81. The van der Waals surface area contributed by atoms with Crippen molar-refractivity contribution in [2.75, 3.05) is 6.61 Å². The maximum absolute atomic E-state index is 9.86. The summed E-state index contributed by atoms with van der Waals surface area (Å²) in [5.74, 6) is 0.0560. The van der Waals surface area contributed by atoms with Crippen molar-refractivity contribution in [3.8, 4) is 0 Å². The Balaban J connectivity index is 2.31. The predicted octanol–water partition coefficient (Wildman–Crippen LogP) is 2.01. The van der Waals surface area contributed by atoms with Gasteiger partial charge in [-0.2, -0.15) is 0 Å². The van der Waals surface area contributed by atoms with Crippen LogP contribution < -0.4 is 0 Å². The zero-order chi connectivity index (χ0) is 11.5. The van der Waals surface area contributed by atoms with Crippen molar-refractivity contribution in [3.63, 3.8) is 0 Å². The Morgan fingerprint density at radius 3 is 2.88 bits per heavy atom. The van der Waals surface area contributed by atoms with Gasteiger partial charge in [-0.1, -0.05) is 42.0 Å². The number of aryl methyl sites for hydroxylation is 1. The first kappa shape index (κ1) is 11.4. The normalized spacial score (nSPS) is 29.3. The third-order valence-corrected chi connectivity index (χ3v) is 3.31. The van der Waals surface area contributed by atoms with Gasteiger partial charge in [0.1, 0.15) is 0 Å². The average molecular weight is 218 g/mol. The highest BCUT2D eigenvalue weighted by Gasteiger charge is 2.29. The van der Waals surface area contributed by atoms with E-state index in [2.05, 4.69) is 31.2 Å². The summed E-state index contributed by atoms with van der Waals surface area (Å²) in [6.07, 6.45) is 4.32. The molecule has 0 saturated heterocycles. The standard InChI is InChI=1S/C14H18O2/c1-10-4-2-5-11(8-10)12-6-3-7-14(16)13(12)9-15/h2-6,8,12-16H,7,9H2,1H3/t12-,13-,14-/m0/s1. The third kappa shape index (κ3) is 2.18. The molecule has 3 atom stereocenters. The number of aliphatic hydroxyl groups is 2. The maximum atomic E-state index is 9.86. The van der Waals surface area contributed by atoms with Gasteiger partial charge in [0.05, 0.1) is 6.10 Å². The lowest BCUT2D eigenvalue weighted by Gasteiger charge is -2.31. The van der Waals surface area contributed by atoms with Gasteiger partial charge in [-0.05, 0) is 18.9 Å². The number of allylic oxidation sites excluding steroid dienone is 1. The summed E-state index contributed by atoms with van der Waals surface area (Å²) in [7, 11) is 0. The Bertz CT molecular complexity index is 384. The van der Waals surface area contributed by atoms with Crippen LogP contribution in [0.4, 0.5) is 0 Å². The fourth-order valence-corrected chi connectivity index (χ4v) is 2.39. The molecule has 0 amide bonds. The molecule has 2 nitrogen and oxygen atoms in total. The smallest absolute Gasteiger partial charge is 0.0633 e. The van der Waals surface area contributed by atoms with E-state index < -0.39 is 6.10 Å². The number of aliphatic hydroxyl groups excluding tert-OH is 2. The molecule has 16 heavy (non-hydrogen) atoms. The summed E-state index contributed by atoms with van der Waals surface area (Å²) in [6, 6.07) is 8.26. The van der Waals surface area contributed by atoms with E-state index in [-0.39, 0.29) is 18.4 Å². The monoisotopic (exact) mass is 218 g/mol. The van der Waals surface area contributed by atoms with E-state index in [0.29, 0.717) is 6.42 Å². The minimum Gasteiger partial charge on any atom is -0.396 e. The van der Waals surface area contributed by atoms with Gasteiger partial charge >= 0.3 is 0 Å². The number of hydrogen-bond donors (Lipinski definition) is 2. The molecule has 1 aliphatic rings. The topological polar surface area (TPSA) is 40.5 Å². The molecule has 0 heterocycles. The van der Waals surface area contributed by atoms with E-state index >= 15 is 0 Å². The molecule has 0 bridgehead atoms. The van der Waals surface area contributed by atoms with Crippen LogP contribution in [0.2, 0.25) is 0 Å². The minimum atomic E-state index is -0.430. The Labute approximate surface area is 96.2 Å². The molecule has 0 saturated carbocycles. The quantitative estimate of drug-likeness (QED) is 0.745. The molecule has 0 fully saturated rings. The molecule has 2 rings (SSSR count). The van der Waals surface area contributed by atoms with Crippen molar-refractivity contribution in [3.05, 3.63) is 47.5 Å². The van der Waals surface area contributed by atoms with Gasteiger partial charge in [-0.15, -0.1) is 0 Å². The lowest BCUT2D eigenvalue weighted by atomic mass is 9.78. The first-order chi connectivity index (χ1) is 7.72. The molecule has 86 valence electrons. The van der Waals surface area contributed by atoms with E-state index in [1.165, 1.54) is 11.1 Å². The summed E-state index contributed by atoms with van der Waals surface area (Å²) in [5.41, 5.74) is 2.39. The molecule has 0 unspecified atom stereocenters. The van der Waals surface area contributed by atoms with Crippen LogP contribution in [-0.2, 0) is 0 Å². The SMILES string of the molecule is Cc1cccc([C@@H]2C=CC[C@H](O)[C@H]2CO)c1. The van der Waals surface area contributed by atoms with Crippen molar-refractivity contribution >= 4 is 0 Å². The van der Waals surface area contributed by atoms with Crippen LogP contribution in [0.1, 0.15) is 23.5 Å². The van der Waals surface area contributed by atoms with Gasteiger partial charge in [0.2, 0.25) is 0 Å². The Kier molecular flexibility index (Phi) is 3.42. The highest BCUT2D eigenvalue weighted by Crippen LogP contribution is 2.33. The van der Waals surface area contributed by atoms with Crippen LogP contribution in [0.5, 0.6) is 0 Å². The average Bonchev–Trinajstić information content (AvgIpc) is 2.28. The largest absolute Gasteiger partial charge is 0.396 e. The van der Waals surface area contributed by atoms with Gasteiger partial charge in [0.15, 0.2) is 0 Å². The fraction of sp³-hybridized carbons (Fsp3) is 0.429. The number of rotatable bonds is 2. The molecular weight excluding hydrogens is 200 g/mol. The highest BCUT2D eigenvalue weighted by atomic mass is 16.3. The van der Waals surface area contributed by atoms with Crippen LogP contribution in [0, 0.1) is 12.8 Å². The van der Waals surface area contributed by atoms with Gasteiger partial charge in [-0.3, -0.25) is 0 Å². The Morgan fingerprint density at radius 1 is 1.38 bits per heavy atom. The zero-order valence-electron chi connectivity index (χ0n) is 9.50. The lowest BCUT2D eigenvalue weighted by Crippen LogP contribution is -2.31. The number of hydrogen-bond acceptors (Lipinski definition) is 2. The summed E-state index contributed by atoms with van der Waals surface area (Å²) in [6.45, 7) is 2.09. The van der Waals surface area contributed by atoms with E-state index in [4.69, 9.17) is 0 Å². The van der Waals surface area contributed by atoms with Crippen LogP contribution >= 0.6 is 0 Å². The highest BCUT2D eigenvalue weighted by molar-refractivity contribution is 5.30. The van der Waals surface area contributed by atoms with E-state index in [1.54, 1.807) is 0 Å². The molecule has 1 aromatic carbocycles. The van der Waals surface area contributed by atoms with Crippen molar-refractivity contribution in [1.29, 1.82) is 0 Å². The lowest BCUT2D eigenvalue weighted by molar-refractivity contribution is 0.0561. The summed E-state index contributed by atoms with van der Waals surface area (Å²) >= 11 is 0. The molecule has 2 heteroatoms. The second-order valence-corrected chi connectivity index (χ2v) is 4.52. The van der Waals surface area contributed by atoms with Crippen LogP contribution in [0.25, 0.3) is 0 Å². The van der Waals surface area contributed by atoms with Crippen molar-refractivity contribution in [2.24, 2.45) is 5.92 Å². The van der Waals surface area contributed by atoms with Gasteiger partial charge in [0.25, 0.3) is 0 Å². The molecule has 1 aromatic rings. The summed E-state index contributed by atoms with van der Waals surface area (Å²) in [4.78, 5) is 0. The molecule has 0 spiro atoms. The Hall–Kier alpha value is -1.12. The van der Waals surface area contributed by atoms with Crippen molar-refractivity contribution in [1.82, 2.24) is 0 Å². The van der Waals surface area contributed by atoms with Crippen LogP contribution in [0.3, 0.4) is 0 Å². The van der Waals surface area contributed by atoms with E-state index in [0.717, 1.165) is 0 Å². The van der Waals surface area contributed by atoms with E-state index in [9.17, 15) is 10.2 Å². The fourth-order valence-electron chi connectivity index (χ4n) is 2.39. The van der Waals surface area contributed by atoms with Crippen LogP contribution in [-0.4, -0.2) is 22.9 Å². The molecule has 2 N–H and O–H groups in total. The van der Waals surface area contributed by atoms with Gasteiger partial charge in [0, 0.05) is 18.4 Å². The predicted molar refractivity (Wildman–Crippen MR) is 64.3 cm³/mol. The van der Waals surface area contributed by atoms with E-state index in [1.807, 2.05) is 12.1 Å². The molecule has 0 aliphatic heterocycles. The first-order valence-corrected chi connectivity index (χ1v) is 5.74. The van der Waals surface area contributed by atoms with Gasteiger partial charge in [-0.25, -0.2) is 0 Å². The van der Waals surface area contributed by atoms with Crippen molar-refractivity contribution in [2.45, 2.75) is 25.4 Å². The molecule has 0 aromatic heterocycles. The van der Waals surface area contributed by atoms with Crippen molar-refractivity contribution < 1.29 is 10.2 Å². The summed E-state index contributed by atoms with van der Waals surface area (Å²) < 4.78 is 0. The second-order valence-electron chi connectivity index (χ2n) is 4.52. The minimum absolute atomic E-state index is 0.0319. The third-order valence-electron chi connectivity index (χ3n) is 3.31. The number of benzene rings is 1. The van der Waals surface area contributed by atoms with Crippen LogP contribution in [0.15, 0.2) is 36.4 Å². The Morgan fingerprint density at radius 2 is 2.19 bits per heavy atom. The summed E-state index contributed by atoms with van der Waals surface area (Å²) in [5, 5.41) is 19.2. The van der Waals surface area contributed by atoms with Gasteiger partial charge < -0.3 is 10.2 Å². The molecular formula is C14H18O2. The molecule has 0 radical (unpaired) electrons.